The fourth-order valence-corrected chi connectivity index (χ4v) is 2.54. The maximum Gasteiger partial charge on any atom is 0.251 e. The van der Waals surface area contributed by atoms with Crippen molar-refractivity contribution in [1.82, 2.24) is 5.32 Å². The summed E-state index contributed by atoms with van der Waals surface area (Å²) in [5.41, 5.74) is 2.79. The van der Waals surface area contributed by atoms with E-state index in [1.54, 1.807) is 0 Å². The van der Waals surface area contributed by atoms with E-state index in [-0.39, 0.29) is 11.9 Å². The van der Waals surface area contributed by atoms with Crippen LogP contribution < -0.4 is 10.6 Å². The van der Waals surface area contributed by atoms with Gasteiger partial charge in [-0.2, -0.15) is 0 Å². The number of halogens is 1. The predicted molar refractivity (Wildman–Crippen MR) is 90.6 cm³/mol. The highest BCUT2D eigenvalue weighted by Crippen LogP contribution is 2.22. The molecule has 0 fully saturated rings. The summed E-state index contributed by atoms with van der Waals surface area (Å²) in [4.78, 5) is 11.9. The van der Waals surface area contributed by atoms with E-state index >= 15 is 0 Å². The number of hydrogen-bond donors (Lipinski definition) is 2. The molecule has 1 amide bonds. The van der Waals surface area contributed by atoms with Crippen LogP contribution in [0.1, 0.15) is 35.8 Å². The van der Waals surface area contributed by atoms with E-state index in [2.05, 4.69) is 45.6 Å². The Balaban J connectivity index is 2.12. The quantitative estimate of drug-likeness (QED) is 0.843. The first-order valence-electron chi connectivity index (χ1n) is 7.00. The number of anilines is 1. The van der Waals surface area contributed by atoms with Crippen LogP contribution in [0.25, 0.3) is 0 Å². The number of hydrogen-bond acceptors (Lipinski definition) is 2. The molecule has 0 saturated heterocycles. The van der Waals surface area contributed by atoms with Crippen molar-refractivity contribution >= 4 is 27.5 Å². The van der Waals surface area contributed by atoms with Crippen LogP contribution in [0.3, 0.4) is 0 Å². The lowest BCUT2D eigenvalue weighted by Crippen LogP contribution is -2.22. The first kappa shape index (κ1) is 15.6. The molecule has 0 saturated carbocycles. The zero-order valence-corrected chi connectivity index (χ0v) is 13.8. The van der Waals surface area contributed by atoms with E-state index in [4.69, 9.17) is 0 Å². The third-order valence-electron chi connectivity index (χ3n) is 3.19. The Kier molecular flexibility index (Phi) is 5.39. The van der Waals surface area contributed by atoms with Crippen LogP contribution in [0.4, 0.5) is 5.69 Å². The summed E-state index contributed by atoms with van der Waals surface area (Å²) in [7, 11) is 0. The lowest BCUT2D eigenvalue weighted by atomic mass is 10.1. The highest BCUT2D eigenvalue weighted by molar-refractivity contribution is 9.10. The summed E-state index contributed by atoms with van der Waals surface area (Å²) >= 11 is 3.48. The number of nitrogens with one attached hydrogen (secondary N) is 2. The van der Waals surface area contributed by atoms with Gasteiger partial charge >= 0.3 is 0 Å². The zero-order valence-electron chi connectivity index (χ0n) is 12.2. The summed E-state index contributed by atoms with van der Waals surface area (Å²) in [5.74, 6) is -0.0451. The van der Waals surface area contributed by atoms with Gasteiger partial charge in [-0.25, -0.2) is 0 Å². The number of rotatable bonds is 5. The third kappa shape index (κ3) is 4.33. The standard InChI is InChI=1S/C17H19BrN2O/c1-3-19-17(21)14-7-5-9-16(11-14)20-12(2)13-6-4-8-15(18)10-13/h4-12,20H,3H2,1-2H3,(H,19,21). The van der Waals surface area contributed by atoms with Gasteiger partial charge in [-0.05, 0) is 49.7 Å². The monoisotopic (exact) mass is 346 g/mol. The molecule has 4 heteroatoms. The molecule has 2 N–H and O–H groups in total. The summed E-state index contributed by atoms with van der Waals surface area (Å²) in [6.07, 6.45) is 0. The topological polar surface area (TPSA) is 41.1 Å². The van der Waals surface area contributed by atoms with Gasteiger partial charge in [-0.3, -0.25) is 4.79 Å². The molecule has 3 nitrogen and oxygen atoms in total. The summed E-state index contributed by atoms with van der Waals surface area (Å²) in [6.45, 7) is 4.64. The normalized spacial score (nSPS) is 11.8. The van der Waals surface area contributed by atoms with Gasteiger partial charge in [0.15, 0.2) is 0 Å². The number of benzene rings is 2. The minimum absolute atomic E-state index is 0.0451. The molecule has 0 aromatic heterocycles. The lowest BCUT2D eigenvalue weighted by molar-refractivity contribution is 0.0956. The van der Waals surface area contributed by atoms with Gasteiger partial charge in [0, 0.05) is 28.3 Å². The summed E-state index contributed by atoms with van der Waals surface area (Å²) < 4.78 is 1.06. The summed E-state index contributed by atoms with van der Waals surface area (Å²) in [6, 6.07) is 15.9. The first-order valence-corrected chi connectivity index (χ1v) is 7.79. The Morgan fingerprint density at radius 1 is 1.19 bits per heavy atom. The fraction of sp³-hybridized carbons (Fsp3) is 0.235. The minimum Gasteiger partial charge on any atom is -0.379 e. The molecule has 2 rings (SSSR count). The van der Waals surface area contributed by atoms with Crippen molar-refractivity contribution in [3.63, 3.8) is 0 Å². The molecule has 2 aromatic rings. The Morgan fingerprint density at radius 3 is 2.67 bits per heavy atom. The van der Waals surface area contributed by atoms with Gasteiger partial charge in [0.2, 0.25) is 0 Å². The lowest BCUT2D eigenvalue weighted by Gasteiger charge is -2.16. The average Bonchev–Trinajstić information content (AvgIpc) is 2.48. The van der Waals surface area contributed by atoms with Crippen molar-refractivity contribution in [2.75, 3.05) is 11.9 Å². The van der Waals surface area contributed by atoms with Crippen molar-refractivity contribution < 1.29 is 4.79 Å². The highest BCUT2D eigenvalue weighted by atomic mass is 79.9. The van der Waals surface area contributed by atoms with Gasteiger partial charge in [-0.15, -0.1) is 0 Å². The molecule has 0 aliphatic rings. The van der Waals surface area contributed by atoms with E-state index in [1.165, 1.54) is 5.56 Å². The second kappa shape index (κ2) is 7.27. The number of amides is 1. The van der Waals surface area contributed by atoms with E-state index in [1.807, 2.05) is 43.3 Å². The van der Waals surface area contributed by atoms with E-state index < -0.39 is 0 Å². The second-order valence-electron chi connectivity index (χ2n) is 4.86. The molecule has 0 heterocycles. The van der Waals surface area contributed by atoms with Crippen LogP contribution in [0.15, 0.2) is 53.0 Å². The number of carbonyl (C=O) groups excluding carboxylic acids is 1. The van der Waals surface area contributed by atoms with Crippen LogP contribution in [0.2, 0.25) is 0 Å². The Bertz CT molecular complexity index is 628. The van der Waals surface area contributed by atoms with Crippen LogP contribution in [0, 0.1) is 0 Å². The smallest absolute Gasteiger partial charge is 0.251 e. The van der Waals surface area contributed by atoms with Crippen molar-refractivity contribution in [3.05, 3.63) is 64.1 Å². The Morgan fingerprint density at radius 2 is 1.95 bits per heavy atom. The van der Waals surface area contributed by atoms with Crippen molar-refractivity contribution in [2.24, 2.45) is 0 Å². The molecule has 110 valence electrons. The van der Waals surface area contributed by atoms with Crippen LogP contribution in [-0.4, -0.2) is 12.5 Å². The van der Waals surface area contributed by atoms with Crippen molar-refractivity contribution in [2.45, 2.75) is 19.9 Å². The van der Waals surface area contributed by atoms with Gasteiger partial charge in [-0.1, -0.05) is 34.1 Å². The number of carbonyl (C=O) groups is 1. The molecule has 0 radical (unpaired) electrons. The second-order valence-corrected chi connectivity index (χ2v) is 5.78. The Labute approximate surface area is 133 Å². The SMILES string of the molecule is CCNC(=O)c1cccc(NC(C)c2cccc(Br)c2)c1. The fourth-order valence-electron chi connectivity index (χ4n) is 2.12. The molecule has 0 bridgehead atoms. The minimum atomic E-state index is -0.0451. The average molecular weight is 347 g/mol. The predicted octanol–water partition coefficient (Wildman–Crippen LogP) is 4.37. The molecular weight excluding hydrogens is 328 g/mol. The summed E-state index contributed by atoms with van der Waals surface area (Å²) in [5, 5.41) is 6.23. The molecular formula is C17H19BrN2O. The van der Waals surface area contributed by atoms with Crippen LogP contribution in [-0.2, 0) is 0 Å². The van der Waals surface area contributed by atoms with E-state index in [0.29, 0.717) is 12.1 Å². The van der Waals surface area contributed by atoms with Gasteiger partial charge in [0.05, 0.1) is 0 Å². The molecule has 0 aliphatic heterocycles. The van der Waals surface area contributed by atoms with Crippen molar-refractivity contribution in [3.8, 4) is 0 Å². The van der Waals surface area contributed by atoms with E-state index in [0.717, 1.165) is 10.2 Å². The van der Waals surface area contributed by atoms with Crippen LogP contribution in [0.5, 0.6) is 0 Å². The highest BCUT2D eigenvalue weighted by Gasteiger charge is 2.08. The van der Waals surface area contributed by atoms with Crippen molar-refractivity contribution in [1.29, 1.82) is 0 Å². The van der Waals surface area contributed by atoms with Gasteiger partial charge < -0.3 is 10.6 Å². The Hall–Kier alpha value is -1.81. The third-order valence-corrected chi connectivity index (χ3v) is 3.69. The maximum absolute atomic E-state index is 11.9. The van der Waals surface area contributed by atoms with Gasteiger partial charge in [0.25, 0.3) is 5.91 Å². The first-order chi connectivity index (χ1) is 10.1. The molecule has 2 aromatic carbocycles. The molecule has 1 unspecified atom stereocenters. The van der Waals surface area contributed by atoms with E-state index in [9.17, 15) is 4.79 Å². The maximum atomic E-state index is 11.9. The molecule has 1 atom stereocenters. The molecule has 0 aliphatic carbocycles. The molecule has 0 spiro atoms. The molecule has 21 heavy (non-hydrogen) atoms. The largest absolute Gasteiger partial charge is 0.379 e. The zero-order chi connectivity index (χ0) is 15.2. The van der Waals surface area contributed by atoms with Crippen LogP contribution >= 0.6 is 15.9 Å². The van der Waals surface area contributed by atoms with Gasteiger partial charge in [0.1, 0.15) is 0 Å².